The van der Waals surface area contributed by atoms with Gasteiger partial charge in [0.1, 0.15) is 0 Å². The van der Waals surface area contributed by atoms with Crippen molar-refractivity contribution in [1.82, 2.24) is 0 Å². The van der Waals surface area contributed by atoms with E-state index in [1.165, 1.54) is 0 Å². The number of halogens is 7. The maximum absolute atomic E-state index is 12.2. The average Bonchev–Trinajstić information content (AvgIpc) is 2.17. The fourth-order valence-corrected chi connectivity index (χ4v) is 0.751. The van der Waals surface area contributed by atoms with E-state index in [1.807, 2.05) is 0 Å². The predicted molar refractivity (Wildman–Crippen MR) is 26.9 cm³/mol. The normalized spacial score (nSPS) is 27.7. The van der Waals surface area contributed by atoms with Crippen LogP contribution in [0.2, 0.25) is 0 Å². The second-order valence-corrected chi connectivity index (χ2v) is 2.52. The van der Waals surface area contributed by atoms with E-state index in [2.05, 4.69) is 9.47 Å². The van der Waals surface area contributed by atoms with Crippen LogP contribution in [0, 0.1) is 0 Å². The minimum Gasteiger partial charge on any atom is -0.297 e. The number of alkyl halides is 7. The van der Waals surface area contributed by atoms with Crippen molar-refractivity contribution in [2.45, 2.75) is 24.2 Å². The average molecular weight is 242 g/mol. The van der Waals surface area contributed by atoms with Gasteiger partial charge in [0.15, 0.2) is 6.29 Å². The second-order valence-electron chi connectivity index (χ2n) is 2.52. The third kappa shape index (κ3) is 1.57. The molecule has 0 aromatic rings. The molecule has 1 fully saturated rings. The number of carbonyl (C=O) groups excluding carboxylic acids is 1. The molecule has 10 heteroatoms. The minimum absolute atomic E-state index is 1.30. The lowest BCUT2D eigenvalue weighted by atomic mass is 10.3. The monoisotopic (exact) mass is 242 g/mol. The van der Waals surface area contributed by atoms with E-state index in [4.69, 9.17) is 0 Å². The summed E-state index contributed by atoms with van der Waals surface area (Å²) in [4.78, 5) is 9.91. The van der Waals surface area contributed by atoms with Crippen molar-refractivity contribution in [3.63, 3.8) is 0 Å². The van der Waals surface area contributed by atoms with Gasteiger partial charge in [-0.3, -0.25) is 14.3 Å². The third-order valence-corrected chi connectivity index (χ3v) is 1.45. The molecule has 0 aromatic heterocycles. The van der Waals surface area contributed by atoms with E-state index in [1.54, 1.807) is 0 Å². The molecular weight excluding hydrogens is 241 g/mol. The Bertz CT molecular complexity index is 267. The van der Waals surface area contributed by atoms with Crippen LogP contribution in [-0.2, 0) is 14.3 Å². The molecule has 0 atom stereocenters. The van der Waals surface area contributed by atoms with Crippen molar-refractivity contribution in [1.29, 1.82) is 0 Å². The number of rotatable bonds is 1. The summed E-state index contributed by atoms with van der Waals surface area (Å²) in [5.74, 6) is -4.64. The Morgan fingerprint density at radius 2 is 1.27 bits per heavy atom. The van der Waals surface area contributed by atoms with Gasteiger partial charge in [-0.15, -0.1) is 0 Å². The van der Waals surface area contributed by atoms with E-state index in [9.17, 15) is 35.5 Å². The summed E-state index contributed by atoms with van der Waals surface area (Å²) in [5.41, 5.74) is 0. The molecular formula is C5HF7O3. The largest absolute Gasteiger partial charge is 0.451 e. The standard InChI is InChI=1S/C5HF7O3/c6-3(7,8)2(1-13)14-4(9,10)5(11,12)15-2/h1H. The first-order valence-corrected chi connectivity index (χ1v) is 3.16. The van der Waals surface area contributed by atoms with Gasteiger partial charge in [0, 0.05) is 0 Å². The highest BCUT2D eigenvalue weighted by atomic mass is 19.4. The van der Waals surface area contributed by atoms with Crippen LogP contribution in [0.3, 0.4) is 0 Å². The van der Waals surface area contributed by atoms with E-state index < -0.39 is 30.5 Å². The van der Waals surface area contributed by atoms with Crippen LogP contribution in [0.25, 0.3) is 0 Å². The van der Waals surface area contributed by atoms with Crippen LogP contribution in [0.5, 0.6) is 0 Å². The molecule has 0 saturated carbocycles. The summed E-state index contributed by atoms with van der Waals surface area (Å²) in [6.07, 6.45) is -18.2. The molecule has 0 bridgehead atoms. The molecule has 0 amide bonds. The molecule has 1 aliphatic heterocycles. The molecule has 0 radical (unpaired) electrons. The summed E-state index contributed by atoms with van der Waals surface area (Å²) in [7, 11) is 0. The van der Waals surface area contributed by atoms with Gasteiger partial charge < -0.3 is 0 Å². The highest BCUT2D eigenvalue weighted by Crippen LogP contribution is 2.52. The first-order valence-electron chi connectivity index (χ1n) is 3.16. The Kier molecular flexibility index (Phi) is 2.28. The Hall–Kier alpha value is -0.900. The van der Waals surface area contributed by atoms with Crippen molar-refractivity contribution in [2.75, 3.05) is 0 Å². The quantitative estimate of drug-likeness (QED) is 0.518. The maximum Gasteiger partial charge on any atom is 0.451 e. The molecule has 0 aromatic carbocycles. The number of ether oxygens (including phenoxy) is 2. The molecule has 0 aliphatic carbocycles. The van der Waals surface area contributed by atoms with Gasteiger partial charge in [0.05, 0.1) is 0 Å². The lowest BCUT2D eigenvalue weighted by Crippen LogP contribution is -2.49. The molecule has 15 heavy (non-hydrogen) atoms. The number of carbonyl (C=O) groups is 1. The van der Waals surface area contributed by atoms with Crippen LogP contribution in [0.1, 0.15) is 0 Å². The highest BCUT2D eigenvalue weighted by molar-refractivity contribution is 5.62. The molecule has 1 heterocycles. The van der Waals surface area contributed by atoms with E-state index in [-0.39, 0.29) is 0 Å². The molecule has 1 aliphatic rings. The SMILES string of the molecule is O=CC1(C(F)(F)F)OC(F)(F)C(F)(F)O1. The van der Waals surface area contributed by atoms with Crippen LogP contribution in [-0.4, -0.2) is 30.5 Å². The molecule has 1 saturated heterocycles. The van der Waals surface area contributed by atoms with Crippen molar-refractivity contribution < 1.29 is 45.0 Å². The van der Waals surface area contributed by atoms with Crippen molar-refractivity contribution >= 4 is 6.29 Å². The first-order chi connectivity index (χ1) is 6.47. The van der Waals surface area contributed by atoms with Crippen LogP contribution >= 0.6 is 0 Å². The smallest absolute Gasteiger partial charge is 0.297 e. The van der Waals surface area contributed by atoms with Crippen molar-refractivity contribution in [3.05, 3.63) is 0 Å². The van der Waals surface area contributed by atoms with E-state index in [0.717, 1.165) is 0 Å². The van der Waals surface area contributed by atoms with Gasteiger partial charge in [-0.2, -0.15) is 30.7 Å². The van der Waals surface area contributed by atoms with Gasteiger partial charge in [-0.05, 0) is 0 Å². The first kappa shape index (κ1) is 12.2. The van der Waals surface area contributed by atoms with E-state index >= 15 is 0 Å². The zero-order valence-electron chi connectivity index (χ0n) is 6.45. The Morgan fingerprint density at radius 1 is 0.933 bits per heavy atom. The predicted octanol–water partition coefficient (Wildman–Crippen LogP) is 1.68. The Labute approximate surface area is 76.7 Å². The number of hydrogen-bond acceptors (Lipinski definition) is 3. The fraction of sp³-hybridized carbons (Fsp3) is 0.800. The summed E-state index contributed by atoms with van der Waals surface area (Å²) < 4.78 is 89.9. The van der Waals surface area contributed by atoms with Gasteiger partial charge in [0.2, 0.25) is 0 Å². The minimum atomic E-state index is -5.84. The summed E-state index contributed by atoms with van der Waals surface area (Å²) in [5, 5.41) is 0. The van der Waals surface area contributed by atoms with Gasteiger partial charge in [-0.25, -0.2) is 0 Å². The Morgan fingerprint density at radius 3 is 1.40 bits per heavy atom. The zero-order valence-corrected chi connectivity index (χ0v) is 6.45. The summed E-state index contributed by atoms with van der Waals surface area (Å²) in [6, 6.07) is 0. The number of hydrogen-bond donors (Lipinski definition) is 0. The van der Waals surface area contributed by atoms with Crippen LogP contribution in [0.15, 0.2) is 0 Å². The lowest BCUT2D eigenvalue weighted by Gasteiger charge is -2.22. The molecule has 0 spiro atoms. The molecule has 3 nitrogen and oxygen atoms in total. The van der Waals surface area contributed by atoms with Crippen LogP contribution < -0.4 is 0 Å². The van der Waals surface area contributed by atoms with E-state index in [0.29, 0.717) is 0 Å². The number of aldehydes is 1. The molecule has 0 N–H and O–H groups in total. The maximum atomic E-state index is 12.2. The molecule has 88 valence electrons. The molecule has 1 rings (SSSR count). The summed E-state index contributed by atoms with van der Waals surface area (Å²) in [6.45, 7) is 0. The van der Waals surface area contributed by atoms with Crippen LogP contribution in [0.4, 0.5) is 30.7 Å². The zero-order chi connectivity index (χ0) is 12.1. The van der Waals surface area contributed by atoms with Gasteiger partial charge in [0.25, 0.3) is 0 Å². The topological polar surface area (TPSA) is 35.5 Å². The highest BCUT2D eigenvalue weighted by Gasteiger charge is 2.80. The second kappa shape index (κ2) is 2.82. The van der Waals surface area contributed by atoms with Gasteiger partial charge in [-0.1, -0.05) is 0 Å². The van der Waals surface area contributed by atoms with Crippen molar-refractivity contribution in [2.24, 2.45) is 0 Å². The third-order valence-electron chi connectivity index (χ3n) is 1.45. The Balaban J connectivity index is 3.17. The molecule has 0 unspecified atom stereocenters. The van der Waals surface area contributed by atoms with Gasteiger partial charge >= 0.3 is 24.2 Å². The fourth-order valence-electron chi connectivity index (χ4n) is 0.751. The van der Waals surface area contributed by atoms with Crippen molar-refractivity contribution in [3.8, 4) is 0 Å². The summed E-state index contributed by atoms with van der Waals surface area (Å²) >= 11 is 0. The lowest BCUT2D eigenvalue weighted by molar-refractivity contribution is -0.354.